The van der Waals surface area contributed by atoms with E-state index in [1.54, 1.807) is 14.1 Å². The predicted octanol–water partition coefficient (Wildman–Crippen LogP) is 6.83. The topological polar surface area (TPSA) is 32.8 Å². The van der Waals surface area contributed by atoms with Crippen molar-refractivity contribution in [1.29, 1.82) is 0 Å². The molecule has 4 rings (SSSR count). The molecule has 0 spiro atoms. The van der Waals surface area contributed by atoms with Gasteiger partial charge in [0.1, 0.15) is 18.2 Å². The number of amides is 1. The van der Waals surface area contributed by atoms with Crippen LogP contribution in [-0.2, 0) is 4.74 Å². The van der Waals surface area contributed by atoms with Crippen LogP contribution in [0.3, 0.4) is 0 Å². The molecular weight excluding hydrogens is 493 g/mol. The third-order valence-electron chi connectivity index (χ3n) is 5.87. The highest BCUT2D eigenvalue weighted by atomic mass is 35.5. The van der Waals surface area contributed by atoms with Crippen LogP contribution in [0.2, 0.25) is 10.0 Å². The van der Waals surface area contributed by atoms with Gasteiger partial charge in [0.25, 0.3) is 0 Å². The van der Waals surface area contributed by atoms with Crippen molar-refractivity contribution >= 4 is 34.9 Å². The Hall–Kier alpha value is -2.93. The molecule has 0 aromatic heterocycles. The van der Waals surface area contributed by atoms with Gasteiger partial charge in [-0.05, 0) is 64.2 Å². The highest BCUT2D eigenvalue weighted by Gasteiger charge is 2.32. The van der Waals surface area contributed by atoms with Gasteiger partial charge >= 0.3 is 6.09 Å². The molecule has 3 aromatic rings. The first-order chi connectivity index (χ1) is 16.7. The zero-order valence-electron chi connectivity index (χ0n) is 19.3. The summed E-state index contributed by atoms with van der Waals surface area (Å²) in [6.07, 6.45) is -0.531. The summed E-state index contributed by atoms with van der Waals surface area (Å²) in [5, 5.41) is 1.29. The van der Waals surface area contributed by atoms with Crippen LogP contribution < -0.4 is 0 Å². The smallest absolute Gasteiger partial charge is 0.409 e. The number of hydrogen-bond donors (Lipinski definition) is 0. The van der Waals surface area contributed by atoms with E-state index < -0.39 is 17.7 Å². The van der Waals surface area contributed by atoms with E-state index in [1.807, 2.05) is 48.5 Å². The Bertz CT molecular complexity index is 1170. The number of benzene rings is 3. The molecular formula is C27H24Cl2F2N2O2. The minimum absolute atomic E-state index is 0.0805. The normalized spacial score (nSPS) is 13.5. The lowest BCUT2D eigenvalue weighted by Gasteiger charge is -2.42. The molecule has 1 heterocycles. The van der Waals surface area contributed by atoms with Crippen LogP contribution in [0.15, 0.2) is 72.3 Å². The molecule has 1 fully saturated rings. The molecule has 182 valence electrons. The van der Waals surface area contributed by atoms with E-state index in [0.717, 1.165) is 22.8 Å². The summed E-state index contributed by atoms with van der Waals surface area (Å²) in [5.41, 5.74) is 4.00. The van der Waals surface area contributed by atoms with Gasteiger partial charge < -0.3 is 9.64 Å². The van der Waals surface area contributed by atoms with Gasteiger partial charge in [-0.25, -0.2) is 13.6 Å². The van der Waals surface area contributed by atoms with Crippen LogP contribution in [0.25, 0.3) is 5.57 Å². The summed E-state index contributed by atoms with van der Waals surface area (Å²) >= 11 is 12.2. The lowest BCUT2D eigenvalue weighted by molar-refractivity contribution is 0.130. The van der Waals surface area contributed by atoms with E-state index in [4.69, 9.17) is 27.9 Å². The second-order valence-electron chi connectivity index (χ2n) is 8.60. The van der Waals surface area contributed by atoms with Crippen LogP contribution in [0.5, 0.6) is 0 Å². The SMILES string of the molecule is CN(C)C(=O)OCC(=C1CN(C(c2ccc(Cl)cc2)c2ccc(Cl)cc2)C1)c1cc(F)cc(F)c1. The van der Waals surface area contributed by atoms with Crippen molar-refractivity contribution in [2.24, 2.45) is 0 Å². The van der Waals surface area contributed by atoms with Gasteiger partial charge in [0, 0.05) is 43.3 Å². The molecule has 0 bridgehead atoms. The van der Waals surface area contributed by atoms with Crippen molar-refractivity contribution in [3.8, 4) is 0 Å². The molecule has 1 saturated heterocycles. The van der Waals surface area contributed by atoms with Gasteiger partial charge in [-0.3, -0.25) is 4.90 Å². The van der Waals surface area contributed by atoms with Crippen LogP contribution >= 0.6 is 23.2 Å². The van der Waals surface area contributed by atoms with Crippen molar-refractivity contribution < 1.29 is 18.3 Å². The monoisotopic (exact) mass is 516 g/mol. The van der Waals surface area contributed by atoms with Crippen molar-refractivity contribution in [1.82, 2.24) is 9.80 Å². The standard InChI is InChI=1S/C27H24Cl2F2N2O2/c1-32(2)27(34)35-16-25(19-11-23(30)13-24(31)12-19)20-14-33(15-20)26(17-3-7-21(28)8-4-17)18-5-9-22(29)10-6-18/h3-13,26H,14-16H2,1-2H3. The first-order valence-corrected chi connectivity index (χ1v) is 11.7. The average molecular weight is 517 g/mol. The Morgan fingerprint density at radius 1 is 0.914 bits per heavy atom. The van der Waals surface area contributed by atoms with Gasteiger partial charge in [0.2, 0.25) is 0 Å². The maximum atomic E-state index is 14.0. The fourth-order valence-electron chi connectivity index (χ4n) is 4.10. The zero-order valence-corrected chi connectivity index (χ0v) is 20.8. The summed E-state index contributed by atoms with van der Waals surface area (Å²) in [6, 6.07) is 18.5. The summed E-state index contributed by atoms with van der Waals surface area (Å²) in [7, 11) is 3.15. The van der Waals surface area contributed by atoms with E-state index in [0.29, 0.717) is 34.3 Å². The van der Waals surface area contributed by atoms with Crippen LogP contribution in [0.1, 0.15) is 22.7 Å². The van der Waals surface area contributed by atoms with E-state index in [-0.39, 0.29) is 12.6 Å². The molecule has 0 saturated carbocycles. The number of halogens is 4. The van der Waals surface area contributed by atoms with Crippen LogP contribution in [-0.4, -0.2) is 49.7 Å². The zero-order chi connectivity index (χ0) is 25.1. The lowest BCUT2D eigenvalue weighted by atomic mass is 9.89. The fraction of sp³-hybridized carbons (Fsp3) is 0.222. The van der Waals surface area contributed by atoms with Crippen LogP contribution in [0.4, 0.5) is 13.6 Å². The molecule has 0 radical (unpaired) electrons. The Morgan fingerprint density at radius 2 is 1.40 bits per heavy atom. The van der Waals surface area contributed by atoms with Crippen molar-refractivity contribution in [3.05, 3.63) is 111 Å². The third-order valence-corrected chi connectivity index (χ3v) is 6.37. The van der Waals surface area contributed by atoms with E-state index in [2.05, 4.69) is 4.90 Å². The third kappa shape index (κ3) is 6.01. The fourth-order valence-corrected chi connectivity index (χ4v) is 4.35. The highest BCUT2D eigenvalue weighted by Crippen LogP contribution is 2.37. The number of ether oxygens (including phenoxy) is 1. The first kappa shape index (κ1) is 25.2. The van der Waals surface area contributed by atoms with Crippen molar-refractivity contribution in [2.45, 2.75) is 6.04 Å². The van der Waals surface area contributed by atoms with Crippen molar-refractivity contribution in [2.75, 3.05) is 33.8 Å². The molecule has 0 N–H and O–H groups in total. The summed E-state index contributed by atoms with van der Waals surface area (Å²) in [4.78, 5) is 15.6. The highest BCUT2D eigenvalue weighted by molar-refractivity contribution is 6.30. The summed E-state index contributed by atoms with van der Waals surface area (Å²) in [6.45, 7) is 0.974. The van der Waals surface area contributed by atoms with Crippen LogP contribution in [0, 0.1) is 11.6 Å². The van der Waals surface area contributed by atoms with Gasteiger partial charge in [-0.15, -0.1) is 0 Å². The molecule has 1 amide bonds. The molecule has 1 aliphatic heterocycles. The molecule has 4 nitrogen and oxygen atoms in total. The second-order valence-corrected chi connectivity index (χ2v) is 9.47. The van der Waals surface area contributed by atoms with Gasteiger partial charge in [-0.1, -0.05) is 47.5 Å². The molecule has 0 aliphatic carbocycles. The summed E-state index contributed by atoms with van der Waals surface area (Å²) in [5.74, 6) is -1.37. The Labute approximate surface area is 213 Å². The number of likely N-dealkylation sites (tertiary alicyclic amines) is 1. The number of carbonyl (C=O) groups excluding carboxylic acids is 1. The number of rotatable bonds is 6. The quantitative estimate of drug-likeness (QED) is 0.360. The second kappa shape index (κ2) is 10.8. The number of nitrogens with zero attached hydrogens (tertiary/aromatic N) is 2. The first-order valence-electron chi connectivity index (χ1n) is 11.0. The number of carbonyl (C=O) groups is 1. The molecule has 0 atom stereocenters. The maximum Gasteiger partial charge on any atom is 0.409 e. The minimum Gasteiger partial charge on any atom is -0.445 e. The molecule has 35 heavy (non-hydrogen) atoms. The molecule has 8 heteroatoms. The Balaban J connectivity index is 1.67. The van der Waals surface area contributed by atoms with Gasteiger partial charge in [0.05, 0.1) is 6.04 Å². The predicted molar refractivity (Wildman–Crippen MR) is 135 cm³/mol. The van der Waals surface area contributed by atoms with Crippen molar-refractivity contribution in [3.63, 3.8) is 0 Å². The van der Waals surface area contributed by atoms with E-state index in [1.165, 1.54) is 17.0 Å². The Morgan fingerprint density at radius 3 is 1.86 bits per heavy atom. The maximum absolute atomic E-state index is 14.0. The average Bonchev–Trinajstić information content (AvgIpc) is 2.78. The molecule has 3 aromatic carbocycles. The number of hydrogen-bond acceptors (Lipinski definition) is 3. The van der Waals surface area contributed by atoms with E-state index >= 15 is 0 Å². The van der Waals surface area contributed by atoms with Gasteiger partial charge in [-0.2, -0.15) is 0 Å². The largest absolute Gasteiger partial charge is 0.445 e. The minimum atomic E-state index is -0.687. The van der Waals surface area contributed by atoms with E-state index in [9.17, 15) is 13.6 Å². The summed E-state index contributed by atoms with van der Waals surface area (Å²) < 4.78 is 33.4. The molecule has 0 unspecified atom stereocenters. The lowest BCUT2D eigenvalue weighted by Crippen LogP contribution is -2.44. The Kier molecular flexibility index (Phi) is 7.75. The molecule has 1 aliphatic rings. The van der Waals surface area contributed by atoms with Gasteiger partial charge in [0.15, 0.2) is 0 Å².